The van der Waals surface area contributed by atoms with Crippen molar-refractivity contribution in [1.29, 1.82) is 0 Å². The predicted molar refractivity (Wildman–Crippen MR) is 75.7 cm³/mol. The van der Waals surface area contributed by atoms with Gasteiger partial charge in [0, 0.05) is 41.0 Å². The summed E-state index contributed by atoms with van der Waals surface area (Å²) in [6.07, 6.45) is 2.77. The number of aryl methyl sites for hydroxylation is 1. The van der Waals surface area contributed by atoms with Gasteiger partial charge < -0.3 is 11.1 Å². The summed E-state index contributed by atoms with van der Waals surface area (Å²) in [6.45, 7) is 2.32. The van der Waals surface area contributed by atoms with E-state index in [1.165, 1.54) is 0 Å². The molecule has 0 saturated carbocycles. The number of benzene rings is 1. The number of carbonyl (C=O) groups excluding carboxylic acids is 1. The van der Waals surface area contributed by atoms with Gasteiger partial charge in [0.25, 0.3) is 0 Å². The third-order valence-corrected chi connectivity index (χ3v) is 4.07. The largest absolute Gasteiger partial charge is 0.399 e. The molecule has 1 aromatic rings. The van der Waals surface area contributed by atoms with Crippen molar-refractivity contribution in [2.75, 3.05) is 18.5 Å². The van der Waals surface area contributed by atoms with Crippen LogP contribution in [0.5, 0.6) is 0 Å². The number of carbonyl (C=O) groups is 1. The van der Waals surface area contributed by atoms with Crippen molar-refractivity contribution in [2.24, 2.45) is 0 Å². The zero-order valence-corrected chi connectivity index (χ0v) is 11.6. The number of hydrogen-bond donors (Lipinski definition) is 2. The van der Waals surface area contributed by atoms with E-state index in [9.17, 15) is 9.00 Å². The van der Waals surface area contributed by atoms with Gasteiger partial charge >= 0.3 is 0 Å². The molecule has 1 amide bonds. The van der Waals surface area contributed by atoms with Gasteiger partial charge in [0.2, 0.25) is 5.91 Å². The molecule has 2 atom stereocenters. The average Bonchev–Trinajstić information content (AvgIpc) is 2.35. The molecule has 1 rings (SSSR count). The number of anilines is 1. The van der Waals surface area contributed by atoms with Gasteiger partial charge in [-0.2, -0.15) is 0 Å². The van der Waals surface area contributed by atoms with Crippen LogP contribution in [0.2, 0.25) is 0 Å². The first-order valence-corrected chi connectivity index (χ1v) is 7.54. The molecule has 0 saturated heterocycles. The summed E-state index contributed by atoms with van der Waals surface area (Å²) < 4.78 is 11.1. The van der Waals surface area contributed by atoms with Crippen molar-refractivity contribution >= 4 is 22.4 Å². The Kier molecular flexibility index (Phi) is 5.85. The van der Waals surface area contributed by atoms with Gasteiger partial charge in [-0.1, -0.05) is 12.1 Å². The Hall–Kier alpha value is -1.36. The molecule has 18 heavy (non-hydrogen) atoms. The maximum Gasteiger partial charge on any atom is 0.220 e. The Morgan fingerprint density at radius 2 is 2.00 bits per heavy atom. The Morgan fingerprint density at radius 3 is 2.56 bits per heavy atom. The fourth-order valence-electron chi connectivity index (χ4n) is 1.41. The minimum atomic E-state index is -0.898. The second kappa shape index (κ2) is 7.16. The molecule has 1 aromatic carbocycles. The van der Waals surface area contributed by atoms with E-state index in [1.54, 1.807) is 6.26 Å². The molecule has 0 bridgehead atoms. The number of nitrogens with one attached hydrogen (secondary N) is 1. The van der Waals surface area contributed by atoms with Gasteiger partial charge in [-0.15, -0.1) is 0 Å². The highest BCUT2D eigenvalue weighted by Crippen LogP contribution is 2.07. The number of amides is 1. The zero-order valence-electron chi connectivity index (χ0n) is 10.8. The van der Waals surface area contributed by atoms with E-state index in [1.807, 2.05) is 31.2 Å². The van der Waals surface area contributed by atoms with Crippen LogP contribution in [0, 0.1) is 0 Å². The summed E-state index contributed by atoms with van der Waals surface area (Å²) >= 11 is 0. The molecule has 0 aliphatic carbocycles. The summed E-state index contributed by atoms with van der Waals surface area (Å²) in [4.78, 5) is 11.6. The molecule has 0 radical (unpaired) electrons. The summed E-state index contributed by atoms with van der Waals surface area (Å²) in [5, 5.41) is 2.78. The molecule has 0 fully saturated rings. The van der Waals surface area contributed by atoms with Crippen molar-refractivity contribution in [3.63, 3.8) is 0 Å². The van der Waals surface area contributed by atoms with Gasteiger partial charge in [-0.25, -0.2) is 0 Å². The minimum absolute atomic E-state index is 0.00882. The Labute approximate surface area is 110 Å². The summed E-state index contributed by atoms with van der Waals surface area (Å²) in [6, 6.07) is 7.50. The highest BCUT2D eigenvalue weighted by molar-refractivity contribution is 7.84. The second-order valence-electron chi connectivity index (χ2n) is 4.35. The van der Waals surface area contributed by atoms with E-state index in [2.05, 4.69) is 5.32 Å². The van der Waals surface area contributed by atoms with Gasteiger partial charge in [-0.3, -0.25) is 9.00 Å². The molecule has 0 aliphatic heterocycles. The van der Waals surface area contributed by atoms with Crippen LogP contribution in [0.25, 0.3) is 0 Å². The van der Waals surface area contributed by atoms with Crippen LogP contribution in [-0.2, 0) is 22.0 Å². The van der Waals surface area contributed by atoms with Crippen LogP contribution in [-0.4, -0.2) is 28.2 Å². The molecule has 0 aromatic heterocycles. The maximum atomic E-state index is 11.6. The SMILES string of the molecule is CC(CNC(=O)CCc1ccc(N)cc1)S(C)=O. The first-order valence-electron chi connectivity index (χ1n) is 5.92. The average molecular weight is 268 g/mol. The lowest BCUT2D eigenvalue weighted by molar-refractivity contribution is -0.121. The quantitative estimate of drug-likeness (QED) is 0.758. The van der Waals surface area contributed by atoms with Crippen LogP contribution in [0.1, 0.15) is 18.9 Å². The van der Waals surface area contributed by atoms with Crippen LogP contribution < -0.4 is 11.1 Å². The Morgan fingerprint density at radius 1 is 1.39 bits per heavy atom. The molecular formula is C13H20N2O2S. The molecule has 0 heterocycles. The van der Waals surface area contributed by atoms with Crippen molar-refractivity contribution in [1.82, 2.24) is 5.32 Å². The van der Waals surface area contributed by atoms with E-state index >= 15 is 0 Å². The molecule has 0 spiro atoms. The van der Waals surface area contributed by atoms with Gasteiger partial charge in [0.15, 0.2) is 0 Å². The van der Waals surface area contributed by atoms with E-state index < -0.39 is 10.8 Å². The number of rotatable bonds is 6. The highest BCUT2D eigenvalue weighted by atomic mass is 32.2. The van der Waals surface area contributed by atoms with Crippen LogP contribution in [0.4, 0.5) is 5.69 Å². The Balaban J connectivity index is 2.29. The highest BCUT2D eigenvalue weighted by Gasteiger charge is 2.08. The van der Waals surface area contributed by atoms with E-state index in [-0.39, 0.29) is 11.2 Å². The molecular weight excluding hydrogens is 248 g/mol. The molecule has 100 valence electrons. The van der Waals surface area contributed by atoms with Gasteiger partial charge in [-0.05, 0) is 31.0 Å². The summed E-state index contributed by atoms with van der Waals surface area (Å²) in [5.41, 5.74) is 7.40. The zero-order chi connectivity index (χ0) is 13.5. The van der Waals surface area contributed by atoms with Gasteiger partial charge in [0.05, 0.1) is 0 Å². The topological polar surface area (TPSA) is 72.2 Å². The predicted octanol–water partition coefficient (Wildman–Crippen LogP) is 1.08. The fourth-order valence-corrected chi connectivity index (χ4v) is 1.72. The minimum Gasteiger partial charge on any atom is -0.399 e. The maximum absolute atomic E-state index is 11.6. The van der Waals surface area contributed by atoms with E-state index in [4.69, 9.17) is 5.73 Å². The monoisotopic (exact) mass is 268 g/mol. The normalized spacial score (nSPS) is 13.9. The lowest BCUT2D eigenvalue weighted by Crippen LogP contribution is -2.32. The third-order valence-electron chi connectivity index (χ3n) is 2.77. The first kappa shape index (κ1) is 14.7. The smallest absolute Gasteiger partial charge is 0.220 e. The number of hydrogen-bond acceptors (Lipinski definition) is 3. The molecule has 5 heteroatoms. The number of nitrogens with two attached hydrogens (primary N) is 1. The molecule has 4 nitrogen and oxygen atoms in total. The fraction of sp³-hybridized carbons (Fsp3) is 0.462. The molecule has 2 unspecified atom stereocenters. The second-order valence-corrected chi connectivity index (χ2v) is 6.16. The molecule has 0 aliphatic rings. The molecule has 3 N–H and O–H groups in total. The van der Waals surface area contributed by atoms with Crippen molar-refractivity contribution in [3.05, 3.63) is 29.8 Å². The summed E-state index contributed by atoms with van der Waals surface area (Å²) in [7, 11) is -0.898. The number of nitrogen functional groups attached to an aromatic ring is 1. The van der Waals surface area contributed by atoms with Crippen LogP contribution >= 0.6 is 0 Å². The van der Waals surface area contributed by atoms with Crippen LogP contribution in [0.15, 0.2) is 24.3 Å². The van der Waals surface area contributed by atoms with E-state index in [0.717, 1.165) is 11.3 Å². The lowest BCUT2D eigenvalue weighted by Gasteiger charge is -2.09. The van der Waals surface area contributed by atoms with Gasteiger partial charge in [0.1, 0.15) is 0 Å². The first-order chi connectivity index (χ1) is 8.49. The van der Waals surface area contributed by atoms with Crippen molar-refractivity contribution in [3.8, 4) is 0 Å². The Bertz CT molecular complexity index is 418. The summed E-state index contributed by atoms with van der Waals surface area (Å²) in [5.74, 6) is -0.0101. The van der Waals surface area contributed by atoms with Crippen molar-refractivity contribution in [2.45, 2.75) is 25.0 Å². The van der Waals surface area contributed by atoms with E-state index in [0.29, 0.717) is 19.4 Å². The standard InChI is InChI=1S/C13H20N2O2S/c1-10(18(2)17)9-15-13(16)8-5-11-3-6-12(14)7-4-11/h3-4,6-7,10H,5,8-9,14H2,1-2H3,(H,15,16). The lowest BCUT2D eigenvalue weighted by atomic mass is 10.1. The van der Waals surface area contributed by atoms with Crippen molar-refractivity contribution < 1.29 is 9.00 Å². The van der Waals surface area contributed by atoms with Crippen LogP contribution in [0.3, 0.4) is 0 Å². The third kappa shape index (κ3) is 5.31.